The quantitative estimate of drug-likeness (QED) is 0.121. The zero-order valence-corrected chi connectivity index (χ0v) is 30.8. The van der Waals surface area contributed by atoms with Crippen LogP contribution in [0.5, 0.6) is 0 Å². The van der Waals surface area contributed by atoms with E-state index < -0.39 is 77.8 Å². The maximum atomic E-state index is 14.2. The van der Waals surface area contributed by atoms with Gasteiger partial charge in [0.2, 0.25) is 5.91 Å². The van der Waals surface area contributed by atoms with Gasteiger partial charge >= 0.3 is 25.3 Å². The molecule has 2 aliphatic heterocycles. The molecule has 0 saturated carbocycles. The predicted molar refractivity (Wildman–Crippen MR) is 183 cm³/mol. The van der Waals surface area contributed by atoms with Gasteiger partial charge in [-0.1, -0.05) is 43.2 Å². The summed E-state index contributed by atoms with van der Waals surface area (Å²) in [6.45, 7) is 17.4. The fourth-order valence-electron chi connectivity index (χ4n) is 5.79. The number of carbonyl (C=O) groups is 4. The average molecular weight is 690 g/mol. The fraction of sp³-hybridized carbons (Fsp3) is 0.714. The molecule has 2 saturated heterocycles. The third-order valence-corrected chi connectivity index (χ3v) is 8.83. The summed E-state index contributed by atoms with van der Waals surface area (Å²) >= 11 is 0. The van der Waals surface area contributed by atoms with Crippen LogP contribution in [0.1, 0.15) is 100 Å². The Kier molecular flexibility index (Phi) is 12.8. The molecule has 49 heavy (non-hydrogen) atoms. The fourth-order valence-corrected chi connectivity index (χ4v) is 5.79. The van der Waals surface area contributed by atoms with E-state index in [2.05, 4.69) is 10.6 Å². The molecular formula is C35H56BN3O10. The first kappa shape index (κ1) is 40.1. The number of benzene rings is 1. The first-order valence-electron chi connectivity index (χ1n) is 17.1. The molecule has 3 rings (SSSR count). The Balaban J connectivity index is 1.85. The molecule has 1 aromatic carbocycles. The molecule has 0 unspecified atom stereocenters. The number of nitrogens with zero attached hydrogens (tertiary/aromatic N) is 1. The van der Waals surface area contributed by atoms with Crippen LogP contribution in [0.25, 0.3) is 0 Å². The maximum Gasteiger partial charge on any atom is 0.457 e. The molecule has 3 N–H and O–H groups in total. The Hall–Kier alpha value is -3.36. The largest absolute Gasteiger partial charge is 0.459 e. The van der Waals surface area contributed by atoms with Crippen LogP contribution in [0.15, 0.2) is 30.3 Å². The van der Waals surface area contributed by atoms with Crippen molar-refractivity contribution < 1.29 is 47.8 Å². The maximum absolute atomic E-state index is 14.2. The third kappa shape index (κ3) is 11.1. The molecule has 0 aromatic heterocycles. The van der Waals surface area contributed by atoms with Crippen molar-refractivity contribution in [3.05, 3.63) is 35.9 Å². The number of aliphatic hydroxyl groups excluding tert-OH is 1. The lowest BCUT2D eigenvalue weighted by atomic mass is 9.80. The van der Waals surface area contributed by atoms with Gasteiger partial charge in [0.05, 0.1) is 17.8 Å². The molecule has 0 aliphatic carbocycles. The molecule has 2 aliphatic rings. The molecule has 13 nitrogen and oxygen atoms in total. The van der Waals surface area contributed by atoms with Gasteiger partial charge in [-0.2, -0.15) is 0 Å². The van der Waals surface area contributed by atoms with Gasteiger partial charge in [0.25, 0.3) is 0 Å². The van der Waals surface area contributed by atoms with E-state index in [1.807, 2.05) is 58.0 Å². The van der Waals surface area contributed by atoms with Crippen LogP contribution in [0.3, 0.4) is 0 Å². The molecule has 2 heterocycles. The van der Waals surface area contributed by atoms with Crippen molar-refractivity contribution in [2.75, 3.05) is 13.2 Å². The number of rotatable bonds is 12. The highest BCUT2D eigenvalue weighted by atomic mass is 16.7. The molecule has 2 fully saturated rings. The van der Waals surface area contributed by atoms with Crippen LogP contribution in [0, 0.1) is 0 Å². The molecule has 14 heteroatoms. The molecule has 0 bridgehead atoms. The summed E-state index contributed by atoms with van der Waals surface area (Å²) in [4.78, 5) is 55.0. The number of likely N-dealkylation sites (tertiary alicyclic amines) is 1. The van der Waals surface area contributed by atoms with Gasteiger partial charge in [0, 0.05) is 19.0 Å². The molecule has 3 atom stereocenters. The van der Waals surface area contributed by atoms with Gasteiger partial charge in [-0.05, 0) is 87.5 Å². The zero-order chi connectivity index (χ0) is 36.8. The number of amides is 3. The number of ether oxygens (including phenoxy) is 3. The van der Waals surface area contributed by atoms with Crippen LogP contribution in [-0.4, -0.2) is 94.4 Å². The Morgan fingerprint density at radius 3 is 2.10 bits per heavy atom. The van der Waals surface area contributed by atoms with Gasteiger partial charge in [-0.3, -0.25) is 9.69 Å². The highest BCUT2D eigenvalue weighted by Crippen LogP contribution is 2.40. The van der Waals surface area contributed by atoms with Crippen LogP contribution >= 0.6 is 0 Å². The van der Waals surface area contributed by atoms with Crippen LogP contribution < -0.4 is 10.6 Å². The van der Waals surface area contributed by atoms with Gasteiger partial charge in [0.15, 0.2) is 0 Å². The van der Waals surface area contributed by atoms with Crippen molar-refractivity contribution in [1.82, 2.24) is 15.5 Å². The standard InChI is InChI=1S/C35H56BN3O10/c1-31(2,3)46-29(43)38-26(22-40)27(41)37-25-20-35(39(21-25)30(44)47-32(4,5)6,28(42)45-23-24-16-12-11-13-17-24)18-14-15-19-36-48-33(7,8)34(9,10)49-36/h11-13,16-17,25-26,40H,14-15,18-23H2,1-10H3,(H,37,41)(H,38,43)/t25-,26+,35-/m1/s1. The number of hydrogen-bond acceptors (Lipinski definition) is 10. The lowest BCUT2D eigenvalue weighted by Crippen LogP contribution is -2.55. The van der Waals surface area contributed by atoms with Crippen LogP contribution in [0.4, 0.5) is 9.59 Å². The van der Waals surface area contributed by atoms with E-state index in [1.54, 1.807) is 41.5 Å². The van der Waals surface area contributed by atoms with E-state index in [0.29, 0.717) is 19.2 Å². The Labute approximate surface area is 291 Å². The first-order valence-corrected chi connectivity index (χ1v) is 17.1. The van der Waals surface area contributed by atoms with E-state index in [0.717, 1.165) is 5.56 Å². The Bertz CT molecular complexity index is 1290. The predicted octanol–water partition coefficient (Wildman–Crippen LogP) is 4.74. The number of hydrogen-bond donors (Lipinski definition) is 3. The van der Waals surface area contributed by atoms with E-state index in [-0.39, 0.29) is 26.0 Å². The third-order valence-electron chi connectivity index (χ3n) is 8.83. The number of esters is 1. The van der Waals surface area contributed by atoms with Gasteiger partial charge in [-0.25, -0.2) is 14.4 Å². The van der Waals surface area contributed by atoms with E-state index in [9.17, 15) is 24.3 Å². The number of nitrogens with one attached hydrogen (secondary N) is 2. The Morgan fingerprint density at radius 2 is 1.55 bits per heavy atom. The highest BCUT2D eigenvalue weighted by Gasteiger charge is 2.56. The van der Waals surface area contributed by atoms with Crippen molar-refractivity contribution in [2.45, 2.75) is 148 Å². The number of alkyl carbamates (subject to hydrolysis) is 1. The molecule has 0 spiro atoms. The average Bonchev–Trinajstić information content (AvgIpc) is 3.44. The highest BCUT2D eigenvalue weighted by molar-refractivity contribution is 6.45. The summed E-state index contributed by atoms with van der Waals surface area (Å²) < 4.78 is 29.2. The summed E-state index contributed by atoms with van der Waals surface area (Å²) in [6, 6.07) is 7.14. The Morgan fingerprint density at radius 1 is 0.959 bits per heavy atom. The van der Waals surface area contributed by atoms with Crippen LogP contribution in [-0.2, 0) is 39.7 Å². The van der Waals surface area contributed by atoms with Crippen molar-refractivity contribution in [3.8, 4) is 0 Å². The lowest BCUT2D eigenvalue weighted by molar-refractivity contribution is -0.158. The minimum atomic E-state index is -1.49. The van der Waals surface area contributed by atoms with Crippen molar-refractivity contribution >= 4 is 31.2 Å². The van der Waals surface area contributed by atoms with Gasteiger partial charge in [0.1, 0.15) is 29.4 Å². The smallest absolute Gasteiger partial charge is 0.457 e. The van der Waals surface area contributed by atoms with Gasteiger partial charge in [-0.15, -0.1) is 0 Å². The van der Waals surface area contributed by atoms with Crippen LogP contribution in [0.2, 0.25) is 6.32 Å². The molecular weight excluding hydrogens is 633 g/mol. The lowest BCUT2D eigenvalue weighted by Gasteiger charge is -2.37. The molecule has 274 valence electrons. The number of aliphatic hydroxyl groups is 1. The van der Waals surface area contributed by atoms with Crippen molar-refractivity contribution in [3.63, 3.8) is 0 Å². The summed E-state index contributed by atoms with van der Waals surface area (Å²) in [7, 11) is -0.420. The van der Waals surface area contributed by atoms with Crippen molar-refractivity contribution in [2.24, 2.45) is 0 Å². The summed E-state index contributed by atoms with van der Waals surface area (Å²) in [6.07, 6.45) is 0.336. The molecule has 3 amide bonds. The van der Waals surface area contributed by atoms with E-state index in [4.69, 9.17) is 23.5 Å². The second kappa shape index (κ2) is 15.7. The second-order valence-electron chi connectivity index (χ2n) is 15.9. The van der Waals surface area contributed by atoms with E-state index >= 15 is 0 Å². The monoisotopic (exact) mass is 689 g/mol. The minimum Gasteiger partial charge on any atom is -0.459 e. The number of unbranched alkanes of at least 4 members (excludes halogenated alkanes) is 1. The van der Waals surface area contributed by atoms with E-state index in [1.165, 1.54) is 4.90 Å². The SMILES string of the molecule is CC(C)(C)OC(=O)N[C@@H](CO)C(=O)N[C@H]1CN(C(=O)OC(C)(C)C)[C@@](CCCCB2OC(C)(C)C(C)(C)O2)(C(=O)OCc2ccccc2)C1. The summed E-state index contributed by atoms with van der Waals surface area (Å²) in [5.41, 5.74) is -3.35. The second-order valence-corrected chi connectivity index (χ2v) is 15.9. The minimum absolute atomic E-state index is 0.0130. The summed E-state index contributed by atoms with van der Waals surface area (Å²) in [5.74, 6) is -1.32. The number of carbonyl (C=O) groups excluding carboxylic acids is 4. The summed E-state index contributed by atoms with van der Waals surface area (Å²) in [5, 5.41) is 15.1. The van der Waals surface area contributed by atoms with Gasteiger partial charge < -0.3 is 39.3 Å². The molecule has 0 radical (unpaired) electrons. The van der Waals surface area contributed by atoms with Crippen molar-refractivity contribution in [1.29, 1.82) is 0 Å². The normalized spacial score (nSPS) is 22.3. The topological polar surface area (TPSA) is 162 Å². The first-order chi connectivity index (χ1) is 22.6. The zero-order valence-electron chi connectivity index (χ0n) is 30.8. The molecule has 1 aromatic rings.